The molecule has 5 atom stereocenters. The molecule has 3 aliphatic rings. The SMILES string of the molecule is CCCCOc1cc(Br)cc2oc3c(NC(=O)/C(C)=C\C=C\[C@H](C)[C@H](O)[C@@H](C)[C@@H](O)C(C)C)c(=O)c4c(O)c(C)c5c(c4c-3nc12)C(=O)[C@@](C)(OC)O5. The number of phenolic OH excluding ortho intramolecular Hbond substituents is 1. The van der Waals surface area contributed by atoms with E-state index in [1.165, 1.54) is 27.0 Å². The van der Waals surface area contributed by atoms with Crippen LogP contribution in [0.5, 0.6) is 17.2 Å². The molecule has 0 unspecified atom stereocenters. The first kappa shape index (κ1) is 39.9. The van der Waals surface area contributed by atoms with E-state index < -0.39 is 40.9 Å². The number of benzene rings is 3. The van der Waals surface area contributed by atoms with E-state index in [-0.39, 0.29) is 79.2 Å². The highest BCUT2D eigenvalue weighted by molar-refractivity contribution is 9.10. The fourth-order valence-electron chi connectivity index (χ4n) is 6.49. The van der Waals surface area contributed by atoms with Gasteiger partial charge in [-0.15, -0.1) is 0 Å². The zero-order chi connectivity index (χ0) is 39.1. The van der Waals surface area contributed by atoms with E-state index in [0.29, 0.717) is 16.8 Å². The highest BCUT2D eigenvalue weighted by atomic mass is 79.9. The van der Waals surface area contributed by atoms with Crippen LogP contribution in [0.25, 0.3) is 33.3 Å². The first-order valence-electron chi connectivity index (χ1n) is 17.7. The Labute approximate surface area is 316 Å². The van der Waals surface area contributed by atoms with Crippen molar-refractivity contribution in [2.75, 3.05) is 19.0 Å². The Kier molecular flexibility index (Phi) is 11.7. The number of Topliss-reactive ketones (excluding diaryl/α,β-unsaturated/α-hetero) is 1. The summed E-state index contributed by atoms with van der Waals surface area (Å²) in [6.45, 7) is 14.3. The molecule has 0 spiro atoms. The number of halogens is 1. The fourth-order valence-corrected chi connectivity index (χ4v) is 6.90. The lowest BCUT2D eigenvalue weighted by Gasteiger charge is -2.29. The molecule has 2 heterocycles. The van der Waals surface area contributed by atoms with Gasteiger partial charge in [0.2, 0.25) is 11.2 Å². The number of ether oxygens (including phenoxy) is 3. The van der Waals surface area contributed by atoms with Gasteiger partial charge in [0.1, 0.15) is 34.1 Å². The summed E-state index contributed by atoms with van der Waals surface area (Å²) >= 11 is 3.49. The number of anilines is 1. The number of ketones is 1. The van der Waals surface area contributed by atoms with E-state index in [2.05, 4.69) is 21.2 Å². The maximum absolute atomic E-state index is 14.4. The maximum Gasteiger partial charge on any atom is 0.272 e. The van der Waals surface area contributed by atoms with Crippen LogP contribution in [0, 0.1) is 24.7 Å². The van der Waals surface area contributed by atoms with Crippen LogP contribution >= 0.6 is 15.9 Å². The number of aromatic hydroxyl groups is 1. The summed E-state index contributed by atoms with van der Waals surface area (Å²) in [6.07, 6.45) is 5.06. The number of carbonyl (C=O) groups excluding carboxylic acids is 2. The zero-order valence-electron chi connectivity index (χ0n) is 31.4. The molecule has 0 aromatic heterocycles. The second-order valence-electron chi connectivity index (χ2n) is 14.2. The number of fused-ring (bicyclic) bond motifs is 6. The molecule has 1 amide bonds. The molecule has 2 aliphatic heterocycles. The lowest BCUT2D eigenvalue weighted by atomic mass is 9.85. The summed E-state index contributed by atoms with van der Waals surface area (Å²) in [6, 6.07) is 3.38. The van der Waals surface area contributed by atoms with Crippen molar-refractivity contribution in [3.8, 4) is 28.7 Å². The van der Waals surface area contributed by atoms with Crippen molar-refractivity contribution < 1.29 is 43.5 Å². The van der Waals surface area contributed by atoms with E-state index in [0.717, 1.165) is 12.8 Å². The van der Waals surface area contributed by atoms with Crippen LogP contribution < -0.4 is 20.2 Å². The van der Waals surface area contributed by atoms with Gasteiger partial charge in [-0.25, -0.2) is 4.98 Å². The Bertz CT molecular complexity index is 2170. The minimum Gasteiger partial charge on any atom is -0.507 e. The summed E-state index contributed by atoms with van der Waals surface area (Å²) in [5, 5.41) is 35.1. The lowest BCUT2D eigenvalue weighted by Crippen LogP contribution is -2.38. The minimum atomic E-state index is -1.74. The van der Waals surface area contributed by atoms with Gasteiger partial charge in [0.05, 0.1) is 29.8 Å². The van der Waals surface area contributed by atoms with Gasteiger partial charge in [-0.2, -0.15) is 0 Å². The number of hydrogen-bond acceptors (Lipinski definition) is 11. The van der Waals surface area contributed by atoms with E-state index in [1.807, 2.05) is 27.7 Å². The van der Waals surface area contributed by atoms with Gasteiger partial charge < -0.3 is 39.3 Å². The number of hydrogen-bond donors (Lipinski definition) is 4. The van der Waals surface area contributed by atoms with Crippen molar-refractivity contribution in [2.45, 2.75) is 86.2 Å². The first-order chi connectivity index (χ1) is 25.0. The number of phenols is 1. The van der Waals surface area contributed by atoms with Gasteiger partial charge in [-0.05, 0) is 38.3 Å². The van der Waals surface area contributed by atoms with Gasteiger partial charge in [0.25, 0.3) is 11.7 Å². The Hall–Kier alpha value is -4.30. The number of aliphatic hydroxyl groups excluding tert-OH is 2. The molecule has 2 aromatic rings. The molecule has 1 aliphatic carbocycles. The monoisotopic (exact) mass is 794 g/mol. The normalized spacial score (nSPS) is 18.5. The average molecular weight is 796 g/mol. The lowest BCUT2D eigenvalue weighted by molar-refractivity contribution is -0.112. The van der Waals surface area contributed by atoms with Crippen molar-refractivity contribution in [1.82, 2.24) is 4.98 Å². The summed E-state index contributed by atoms with van der Waals surface area (Å²) in [4.78, 5) is 47.0. The molecular formula is C40H47BrN2O10. The van der Waals surface area contributed by atoms with Crippen LogP contribution in [0.3, 0.4) is 0 Å². The molecule has 13 heteroatoms. The van der Waals surface area contributed by atoms with Crippen LogP contribution in [-0.2, 0) is 9.53 Å². The van der Waals surface area contributed by atoms with E-state index in [9.17, 15) is 29.7 Å². The Balaban J connectivity index is 1.69. The van der Waals surface area contributed by atoms with E-state index >= 15 is 0 Å². The van der Waals surface area contributed by atoms with Gasteiger partial charge in [0, 0.05) is 46.9 Å². The van der Waals surface area contributed by atoms with Crippen molar-refractivity contribution in [2.24, 2.45) is 17.8 Å². The number of carbonyl (C=O) groups is 2. The number of aromatic nitrogens is 1. The standard InChI is InChI=1S/C40H47BrN2O10/c1-10-11-15-51-24-16-23(41)17-25-29(24)42-30-26-27(34(46)22(7)36-28(26)38(48)40(8,50-9)53-36)35(47)31(37(30)52-25)43-39(49)20(5)14-12-13-19(4)33(45)21(6)32(44)18(2)3/h12-14,16-19,21,32-33,44-46H,10-11,15H2,1-9H3,(H,43,49)/b13-12+,20-14-/t19-,21-,32-,33-,40-/m0/s1. The molecule has 0 saturated carbocycles. The Morgan fingerprint density at radius 2 is 1.83 bits per heavy atom. The molecule has 284 valence electrons. The average Bonchev–Trinajstić information content (AvgIpc) is 3.39. The highest BCUT2D eigenvalue weighted by Crippen LogP contribution is 2.50. The molecule has 0 radical (unpaired) electrons. The molecule has 53 heavy (non-hydrogen) atoms. The predicted octanol–water partition coefficient (Wildman–Crippen LogP) is 7.43. The summed E-state index contributed by atoms with van der Waals surface area (Å²) in [5.41, 5.74) is -0.249. The summed E-state index contributed by atoms with van der Waals surface area (Å²) < 4.78 is 24.5. The van der Waals surface area contributed by atoms with Gasteiger partial charge >= 0.3 is 0 Å². The van der Waals surface area contributed by atoms with Gasteiger partial charge in [-0.1, -0.05) is 75.2 Å². The van der Waals surface area contributed by atoms with Gasteiger partial charge in [-0.3, -0.25) is 14.4 Å². The zero-order valence-corrected chi connectivity index (χ0v) is 33.0. The Morgan fingerprint density at radius 1 is 1.13 bits per heavy atom. The van der Waals surface area contributed by atoms with Crippen LogP contribution in [0.15, 0.2) is 49.6 Å². The van der Waals surface area contributed by atoms with Crippen molar-refractivity contribution >= 4 is 55.2 Å². The largest absolute Gasteiger partial charge is 0.507 e. The number of methoxy groups -OCH3 is 1. The molecule has 0 bridgehead atoms. The minimum absolute atomic E-state index is 0.0102. The number of rotatable bonds is 13. The second-order valence-corrected chi connectivity index (χ2v) is 15.1. The van der Waals surface area contributed by atoms with Crippen LogP contribution in [0.1, 0.15) is 77.2 Å². The molecule has 0 saturated heterocycles. The van der Waals surface area contributed by atoms with E-state index in [4.69, 9.17) is 23.6 Å². The molecule has 5 rings (SSSR count). The molecule has 4 N–H and O–H groups in total. The third kappa shape index (κ3) is 7.31. The second kappa shape index (κ2) is 15.6. The number of nitrogens with one attached hydrogen (secondary N) is 1. The van der Waals surface area contributed by atoms with Crippen LogP contribution in [0.2, 0.25) is 0 Å². The summed E-state index contributed by atoms with van der Waals surface area (Å²) in [5.74, 6) is -3.88. The van der Waals surface area contributed by atoms with Crippen molar-refractivity contribution in [1.29, 1.82) is 0 Å². The molecule has 12 nitrogen and oxygen atoms in total. The number of allylic oxidation sites excluding steroid dienone is 2. The number of nitrogens with zero attached hydrogens (tertiary/aromatic N) is 1. The fraction of sp³-hybridized carbons (Fsp3) is 0.450. The molecule has 2 aromatic carbocycles. The topological polar surface area (TPSA) is 178 Å². The molecule has 0 fully saturated rings. The first-order valence-corrected chi connectivity index (χ1v) is 18.5. The number of unbranched alkanes of at least 4 members (excludes halogenated alkanes) is 1. The van der Waals surface area contributed by atoms with Crippen LogP contribution in [0.4, 0.5) is 5.69 Å². The third-order valence-electron chi connectivity index (χ3n) is 9.97. The smallest absolute Gasteiger partial charge is 0.272 e. The van der Waals surface area contributed by atoms with Crippen LogP contribution in [-0.4, -0.2) is 63.7 Å². The molecular weight excluding hydrogens is 748 g/mol. The number of aliphatic hydroxyl groups is 2. The Morgan fingerprint density at radius 3 is 2.47 bits per heavy atom. The van der Waals surface area contributed by atoms with E-state index in [1.54, 1.807) is 38.1 Å². The van der Waals surface area contributed by atoms with Crippen molar-refractivity contribution in [3.05, 3.63) is 61.8 Å². The quantitative estimate of drug-likeness (QED) is 0.0348. The highest BCUT2D eigenvalue weighted by Gasteiger charge is 2.48. The number of amides is 1. The predicted molar refractivity (Wildman–Crippen MR) is 206 cm³/mol. The van der Waals surface area contributed by atoms with Crippen molar-refractivity contribution in [3.63, 3.8) is 0 Å². The third-order valence-corrected chi connectivity index (χ3v) is 10.4. The van der Waals surface area contributed by atoms with Gasteiger partial charge in [0.15, 0.2) is 11.3 Å². The summed E-state index contributed by atoms with van der Waals surface area (Å²) in [7, 11) is 1.32. The maximum atomic E-state index is 14.4.